The molecule has 0 spiro atoms. The van der Waals surface area contributed by atoms with Crippen LogP contribution in [0.1, 0.15) is 60.3 Å². The van der Waals surface area contributed by atoms with Crippen molar-refractivity contribution in [2.45, 2.75) is 60.3 Å². The molecule has 0 bridgehead atoms. The van der Waals surface area contributed by atoms with E-state index in [0.29, 0.717) is 11.8 Å². The van der Waals surface area contributed by atoms with E-state index in [9.17, 15) is 0 Å². The van der Waals surface area contributed by atoms with Crippen LogP contribution in [0.15, 0.2) is 23.8 Å². The van der Waals surface area contributed by atoms with Crippen molar-refractivity contribution in [3.8, 4) is 0 Å². The Kier molecular flexibility index (Phi) is 10.9. The van der Waals surface area contributed by atoms with Gasteiger partial charge in [-0.1, -0.05) is 65.7 Å². The molecule has 0 aromatic heterocycles. The standard InChI is InChI=1S/C18H35N/c1-7-9-11-13-19(6)15-17(5)18(12-10-8-2)14-16(3)4/h10,12,14,16-17H,7-9,11,13,15H2,1-6H3/b12-10-,18-14+. The zero-order valence-corrected chi connectivity index (χ0v) is 14.1. The monoisotopic (exact) mass is 265 g/mol. The Bertz CT molecular complexity index is 263. The van der Waals surface area contributed by atoms with Crippen LogP contribution in [0.3, 0.4) is 0 Å². The van der Waals surface area contributed by atoms with Crippen LogP contribution in [0.2, 0.25) is 0 Å². The topological polar surface area (TPSA) is 3.24 Å². The molecule has 0 fully saturated rings. The maximum absolute atomic E-state index is 2.48. The van der Waals surface area contributed by atoms with Crippen molar-refractivity contribution < 1.29 is 0 Å². The van der Waals surface area contributed by atoms with Crippen molar-refractivity contribution >= 4 is 0 Å². The predicted octanol–water partition coefficient (Wildman–Crippen LogP) is 5.29. The van der Waals surface area contributed by atoms with Gasteiger partial charge in [0, 0.05) is 6.54 Å². The van der Waals surface area contributed by atoms with Crippen molar-refractivity contribution in [3.05, 3.63) is 23.8 Å². The van der Waals surface area contributed by atoms with Crippen molar-refractivity contribution in [1.82, 2.24) is 4.90 Å². The average Bonchev–Trinajstić information content (AvgIpc) is 2.34. The molecule has 0 rings (SSSR count). The van der Waals surface area contributed by atoms with E-state index in [-0.39, 0.29) is 0 Å². The third kappa shape index (κ3) is 9.95. The number of rotatable bonds is 10. The fourth-order valence-electron chi connectivity index (χ4n) is 2.32. The highest BCUT2D eigenvalue weighted by atomic mass is 15.1. The van der Waals surface area contributed by atoms with Gasteiger partial charge >= 0.3 is 0 Å². The minimum atomic E-state index is 0.622. The summed E-state index contributed by atoms with van der Waals surface area (Å²) in [7, 11) is 2.25. The summed E-state index contributed by atoms with van der Waals surface area (Å²) in [6.07, 6.45) is 12.1. The highest BCUT2D eigenvalue weighted by Crippen LogP contribution is 2.17. The maximum Gasteiger partial charge on any atom is 0.00444 e. The molecule has 0 aliphatic heterocycles. The van der Waals surface area contributed by atoms with E-state index < -0.39 is 0 Å². The van der Waals surface area contributed by atoms with Gasteiger partial charge in [0.25, 0.3) is 0 Å². The first-order valence-corrected chi connectivity index (χ1v) is 8.08. The lowest BCUT2D eigenvalue weighted by molar-refractivity contribution is 0.297. The molecule has 0 aromatic carbocycles. The Balaban J connectivity index is 4.38. The van der Waals surface area contributed by atoms with E-state index in [1.807, 2.05) is 0 Å². The molecule has 0 saturated heterocycles. The molecule has 112 valence electrons. The van der Waals surface area contributed by atoms with Crippen LogP contribution in [0.25, 0.3) is 0 Å². The van der Waals surface area contributed by atoms with Crippen molar-refractivity contribution in [2.24, 2.45) is 11.8 Å². The molecule has 1 atom stereocenters. The first-order chi connectivity index (χ1) is 9.01. The second kappa shape index (κ2) is 11.3. The summed E-state index contributed by atoms with van der Waals surface area (Å²) >= 11 is 0. The van der Waals surface area contributed by atoms with Crippen LogP contribution in [-0.2, 0) is 0 Å². The normalized spacial score (nSPS) is 14.8. The summed E-state index contributed by atoms with van der Waals surface area (Å²) < 4.78 is 0. The second-order valence-corrected chi connectivity index (χ2v) is 6.09. The van der Waals surface area contributed by atoms with E-state index in [1.54, 1.807) is 0 Å². The van der Waals surface area contributed by atoms with Crippen molar-refractivity contribution in [3.63, 3.8) is 0 Å². The molecule has 0 aliphatic carbocycles. The number of hydrogen-bond acceptors (Lipinski definition) is 1. The van der Waals surface area contributed by atoms with Crippen LogP contribution in [0, 0.1) is 11.8 Å². The lowest BCUT2D eigenvalue weighted by Crippen LogP contribution is -2.26. The Hall–Kier alpha value is -0.560. The van der Waals surface area contributed by atoms with Gasteiger partial charge in [-0.05, 0) is 43.8 Å². The second-order valence-electron chi connectivity index (χ2n) is 6.09. The molecule has 0 radical (unpaired) electrons. The minimum absolute atomic E-state index is 0.622. The van der Waals surface area contributed by atoms with Crippen LogP contribution in [-0.4, -0.2) is 25.0 Å². The third-order valence-corrected chi connectivity index (χ3v) is 3.37. The van der Waals surface area contributed by atoms with E-state index in [1.165, 1.54) is 31.4 Å². The Morgan fingerprint density at radius 2 is 1.79 bits per heavy atom. The van der Waals surface area contributed by atoms with Crippen molar-refractivity contribution in [2.75, 3.05) is 20.1 Å². The van der Waals surface area contributed by atoms with Gasteiger partial charge in [0.15, 0.2) is 0 Å². The predicted molar refractivity (Wildman–Crippen MR) is 88.5 cm³/mol. The smallest absolute Gasteiger partial charge is 0.00444 e. The Morgan fingerprint density at radius 3 is 2.32 bits per heavy atom. The molecule has 1 nitrogen and oxygen atoms in total. The van der Waals surface area contributed by atoms with Gasteiger partial charge in [-0.15, -0.1) is 0 Å². The average molecular weight is 265 g/mol. The molecular formula is C18H35N. The van der Waals surface area contributed by atoms with Gasteiger partial charge in [-0.2, -0.15) is 0 Å². The number of allylic oxidation sites excluding steroid dienone is 3. The van der Waals surface area contributed by atoms with Gasteiger partial charge < -0.3 is 4.90 Å². The SMILES string of the molecule is CC/C=C\C(=C/C(C)C)C(C)CN(C)CCCCC. The van der Waals surface area contributed by atoms with Crippen LogP contribution in [0.5, 0.6) is 0 Å². The molecule has 0 amide bonds. The summed E-state index contributed by atoms with van der Waals surface area (Å²) in [6, 6.07) is 0. The first kappa shape index (κ1) is 18.4. The zero-order chi connectivity index (χ0) is 14.7. The van der Waals surface area contributed by atoms with E-state index in [0.717, 1.165) is 13.0 Å². The molecular weight excluding hydrogens is 230 g/mol. The molecule has 1 heteroatoms. The zero-order valence-electron chi connectivity index (χ0n) is 14.1. The summed E-state index contributed by atoms with van der Waals surface area (Å²) in [5.74, 6) is 1.25. The lowest BCUT2D eigenvalue weighted by atomic mass is 9.96. The Morgan fingerprint density at radius 1 is 1.11 bits per heavy atom. The number of unbranched alkanes of at least 4 members (excludes halogenated alkanes) is 2. The first-order valence-electron chi connectivity index (χ1n) is 8.08. The van der Waals surface area contributed by atoms with Gasteiger partial charge in [-0.25, -0.2) is 0 Å². The summed E-state index contributed by atoms with van der Waals surface area (Å²) in [5, 5.41) is 0. The molecule has 0 heterocycles. The molecule has 0 N–H and O–H groups in total. The lowest BCUT2D eigenvalue weighted by Gasteiger charge is -2.22. The number of hydrogen-bond donors (Lipinski definition) is 0. The highest BCUT2D eigenvalue weighted by molar-refractivity contribution is 5.22. The maximum atomic E-state index is 2.48. The summed E-state index contributed by atoms with van der Waals surface area (Å²) in [5.41, 5.74) is 1.50. The van der Waals surface area contributed by atoms with Crippen molar-refractivity contribution in [1.29, 1.82) is 0 Å². The van der Waals surface area contributed by atoms with Gasteiger partial charge in [0.2, 0.25) is 0 Å². The quantitative estimate of drug-likeness (QED) is 0.383. The molecule has 0 aromatic rings. The van der Waals surface area contributed by atoms with Gasteiger partial charge in [0.1, 0.15) is 0 Å². The van der Waals surface area contributed by atoms with Gasteiger partial charge in [0.05, 0.1) is 0 Å². The molecule has 0 aliphatic rings. The van der Waals surface area contributed by atoms with Crippen LogP contribution < -0.4 is 0 Å². The fraction of sp³-hybridized carbons (Fsp3) is 0.778. The van der Waals surface area contributed by atoms with E-state index in [2.05, 4.69) is 64.8 Å². The summed E-state index contributed by atoms with van der Waals surface area (Å²) in [4.78, 5) is 2.48. The number of nitrogens with zero attached hydrogens (tertiary/aromatic N) is 1. The van der Waals surface area contributed by atoms with Crippen LogP contribution in [0.4, 0.5) is 0 Å². The molecule has 0 saturated carbocycles. The summed E-state index contributed by atoms with van der Waals surface area (Å²) in [6.45, 7) is 13.7. The largest absolute Gasteiger partial charge is 0.306 e. The fourth-order valence-corrected chi connectivity index (χ4v) is 2.32. The molecule has 19 heavy (non-hydrogen) atoms. The third-order valence-electron chi connectivity index (χ3n) is 3.37. The minimum Gasteiger partial charge on any atom is -0.306 e. The van der Waals surface area contributed by atoms with Crippen LogP contribution >= 0.6 is 0 Å². The molecule has 1 unspecified atom stereocenters. The van der Waals surface area contributed by atoms with Gasteiger partial charge in [-0.3, -0.25) is 0 Å². The van der Waals surface area contributed by atoms with E-state index in [4.69, 9.17) is 0 Å². The Labute approximate surface area is 121 Å². The van der Waals surface area contributed by atoms with E-state index >= 15 is 0 Å². The highest BCUT2D eigenvalue weighted by Gasteiger charge is 2.10.